The normalized spacial score (nSPS) is 19.1. The summed E-state index contributed by atoms with van der Waals surface area (Å²) in [5.74, 6) is 0.371. The van der Waals surface area contributed by atoms with Gasteiger partial charge in [0.15, 0.2) is 6.10 Å². The van der Waals surface area contributed by atoms with Crippen LogP contribution in [0.2, 0.25) is 0 Å². The molecule has 2 rings (SSSR count). The Bertz CT molecular complexity index is 499. The Kier molecular flexibility index (Phi) is 3.52. The van der Waals surface area contributed by atoms with Crippen molar-refractivity contribution in [1.29, 1.82) is 0 Å². The van der Waals surface area contributed by atoms with Crippen molar-refractivity contribution in [3.63, 3.8) is 0 Å². The number of hydrogen-bond donors (Lipinski definition) is 2. The fraction of sp³-hybridized carbons (Fsp3) is 0.500. The monoisotopic (exact) mass is 264 g/mol. The maximum Gasteiger partial charge on any atom is 0.269 e. The summed E-state index contributed by atoms with van der Waals surface area (Å²) in [6, 6.07) is 5.64. The molecule has 0 radical (unpaired) electrons. The van der Waals surface area contributed by atoms with E-state index in [-0.39, 0.29) is 18.1 Å². The molecule has 1 aromatic rings. The number of rotatable bonds is 3. The lowest BCUT2D eigenvalue weighted by Crippen LogP contribution is -2.45. The molecule has 5 nitrogen and oxygen atoms in total. The first kappa shape index (κ1) is 13.8. The average molecular weight is 264 g/mol. The Morgan fingerprint density at radius 1 is 1.47 bits per heavy atom. The highest BCUT2D eigenvalue weighted by atomic mass is 16.5. The molecule has 19 heavy (non-hydrogen) atoms. The molecule has 0 saturated heterocycles. The van der Waals surface area contributed by atoms with E-state index in [1.807, 2.05) is 32.0 Å². The number of benzene rings is 1. The topological polar surface area (TPSA) is 75.8 Å². The van der Waals surface area contributed by atoms with Crippen molar-refractivity contribution in [3.05, 3.63) is 23.8 Å². The first-order valence-electron chi connectivity index (χ1n) is 6.34. The number of nitrogens with two attached hydrogens (primary N) is 1. The van der Waals surface area contributed by atoms with Gasteiger partial charge in [0.1, 0.15) is 12.5 Å². The maximum atomic E-state index is 12.0. The van der Waals surface area contributed by atoms with Crippen molar-refractivity contribution in [2.75, 3.05) is 18.2 Å². The van der Waals surface area contributed by atoms with Crippen LogP contribution in [0.1, 0.15) is 26.3 Å². The van der Waals surface area contributed by atoms with Crippen LogP contribution in [0.4, 0.5) is 5.69 Å². The van der Waals surface area contributed by atoms with Crippen LogP contribution in [-0.2, 0) is 10.2 Å². The Morgan fingerprint density at radius 2 is 2.16 bits per heavy atom. The lowest BCUT2D eigenvalue weighted by atomic mass is 9.84. The second-order valence-electron chi connectivity index (χ2n) is 5.44. The van der Waals surface area contributed by atoms with Crippen LogP contribution in [0, 0.1) is 0 Å². The molecule has 1 atom stereocenters. The number of aliphatic hydroxyl groups is 1. The summed E-state index contributed by atoms with van der Waals surface area (Å²) in [5.41, 5.74) is 7.19. The summed E-state index contributed by atoms with van der Waals surface area (Å²) >= 11 is 0. The molecule has 0 fully saturated rings. The second-order valence-corrected chi connectivity index (χ2v) is 5.44. The zero-order chi connectivity index (χ0) is 14.2. The molecule has 3 N–H and O–H groups in total. The minimum absolute atomic E-state index is 0.192. The molecule has 1 amide bonds. The highest BCUT2D eigenvalue weighted by Crippen LogP contribution is 2.37. The van der Waals surface area contributed by atoms with Gasteiger partial charge in [-0.05, 0) is 24.6 Å². The van der Waals surface area contributed by atoms with Crippen LogP contribution >= 0.6 is 0 Å². The lowest BCUT2D eigenvalue weighted by Gasteiger charge is -2.33. The first-order valence-corrected chi connectivity index (χ1v) is 6.34. The number of fused-ring (bicyclic) bond motifs is 1. The van der Waals surface area contributed by atoms with Gasteiger partial charge in [-0.1, -0.05) is 19.9 Å². The van der Waals surface area contributed by atoms with Gasteiger partial charge in [-0.25, -0.2) is 0 Å². The Balaban J connectivity index is 2.49. The van der Waals surface area contributed by atoms with Crippen LogP contribution in [0.25, 0.3) is 0 Å². The van der Waals surface area contributed by atoms with Gasteiger partial charge < -0.3 is 15.6 Å². The Hall–Kier alpha value is -1.59. The second kappa shape index (κ2) is 4.83. The predicted molar refractivity (Wildman–Crippen MR) is 73.2 cm³/mol. The van der Waals surface area contributed by atoms with Crippen molar-refractivity contribution in [2.45, 2.75) is 32.3 Å². The van der Waals surface area contributed by atoms with Crippen LogP contribution < -0.4 is 15.4 Å². The summed E-state index contributed by atoms with van der Waals surface area (Å²) in [5, 5.41) is 9.40. The molecule has 0 aromatic heterocycles. The molecule has 0 bridgehead atoms. The quantitative estimate of drug-likeness (QED) is 0.853. The van der Waals surface area contributed by atoms with Gasteiger partial charge in [0.25, 0.3) is 5.91 Å². The number of amides is 1. The van der Waals surface area contributed by atoms with E-state index < -0.39 is 6.10 Å². The third-order valence-electron chi connectivity index (χ3n) is 3.60. The van der Waals surface area contributed by atoms with E-state index in [0.29, 0.717) is 18.0 Å². The molecule has 1 aliphatic rings. The van der Waals surface area contributed by atoms with Gasteiger partial charge in [0, 0.05) is 12.0 Å². The van der Waals surface area contributed by atoms with Crippen LogP contribution in [-0.4, -0.2) is 30.4 Å². The van der Waals surface area contributed by atoms with E-state index in [4.69, 9.17) is 10.5 Å². The highest BCUT2D eigenvalue weighted by Gasteiger charge is 2.32. The SMILES string of the molecule is CC1Oc2ccc(C(C)(C)CN)cc2N(CO)C1=O. The van der Waals surface area contributed by atoms with Gasteiger partial charge in [-0.15, -0.1) is 0 Å². The largest absolute Gasteiger partial charge is 0.479 e. The zero-order valence-corrected chi connectivity index (χ0v) is 11.5. The van der Waals surface area contributed by atoms with Crippen molar-refractivity contribution < 1.29 is 14.6 Å². The molecule has 0 spiro atoms. The summed E-state index contributed by atoms with van der Waals surface area (Å²) in [7, 11) is 0. The van der Waals surface area contributed by atoms with Gasteiger partial charge in [0.05, 0.1) is 5.69 Å². The summed E-state index contributed by atoms with van der Waals surface area (Å²) < 4.78 is 5.54. The molecule has 1 heterocycles. The van der Waals surface area contributed by atoms with Gasteiger partial charge in [-0.3, -0.25) is 9.69 Å². The first-order chi connectivity index (χ1) is 8.90. The van der Waals surface area contributed by atoms with E-state index in [2.05, 4.69) is 0 Å². The number of carbonyl (C=O) groups is 1. The molecule has 0 saturated carbocycles. The van der Waals surface area contributed by atoms with E-state index in [9.17, 15) is 9.90 Å². The van der Waals surface area contributed by atoms with Crippen LogP contribution in [0.3, 0.4) is 0 Å². The van der Waals surface area contributed by atoms with Crippen molar-refractivity contribution in [2.24, 2.45) is 5.73 Å². The third-order valence-corrected chi connectivity index (χ3v) is 3.60. The highest BCUT2D eigenvalue weighted by molar-refractivity contribution is 5.99. The predicted octanol–water partition coefficient (Wildman–Crippen LogP) is 0.987. The molecule has 104 valence electrons. The number of hydrogen-bond acceptors (Lipinski definition) is 4. The molecule has 0 aliphatic carbocycles. The Labute approximate surface area is 113 Å². The lowest BCUT2D eigenvalue weighted by molar-refractivity contribution is -0.126. The molecule has 1 aliphatic heterocycles. The van der Waals surface area contributed by atoms with E-state index >= 15 is 0 Å². The van der Waals surface area contributed by atoms with Gasteiger partial charge in [-0.2, -0.15) is 0 Å². The van der Waals surface area contributed by atoms with E-state index in [1.165, 1.54) is 4.90 Å². The molecule has 5 heteroatoms. The standard InChI is InChI=1S/C14H20N2O3/c1-9-13(18)16(8-17)11-6-10(14(2,3)7-15)4-5-12(11)19-9/h4-6,9,17H,7-8,15H2,1-3H3. The minimum atomic E-state index is -0.576. The van der Waals surface area contributed by atoms with Gasteiger partial charge in [0.2, 0.25) is 0 Å². The fourth-order valence-corrected chi connectivity index (χ4v) is 2.09. The van der Waals surface area contributed by atoms with Gasteiger partial charge >= 0.3 is 0 Å². The fourth-order valence-electron chi connectivity index (χ4n) is 2.09. The number of anilines is 1. The minimum Gasteiger partial charge on any atom is -0.479 e. The summed E-state index contributed by atoms with van der Waals surface area (Å²) in [4.78, 5) is 13.3. The molecule has 1 aromatic carbocycles. The van der Waals surface area contributed by atoms with E-state index in [1.54, 1.807) is 6.92 Å². The average Bonchev–Trinajstić information content (AvgIpc) is 2.40. The smallest absolute Gasteiger partial charge is 0.269 e. The summed E-state index contributed by atoms with van der Waals surface area (Å²) in [6.07, 6.45) is -0.576. The molecule has 1 unspecified atom stereocenters. The van der Waals surface area contributed by atoms with Crippen molar-refractivity contribution >= 4 is 11.6 Å². The molecular weight excluding hydrogens is 244 g/mol. The van der Waals surface area contributed by atoms with Crippen LogP contribution in [0.15, 0.2) is 18.2 Å². The van der Waals surface area contributed by atoms with Crippen LogP contribution in [0.5, 0.6) is 5.75 Å². The molecular formula is C14H20N2O3. The number of nitrogens with zero attached hydrogens (tertiary/aromatic N) is 1. The van der Waals surface area contributed by atoms with Crippen molar-refractivity contribution in [1.82, 2.24) is 0 Å². The zero-order valence-electron chi connectivity index (χ0n) is 11.5. The Morgan fingerprint density at radius 3 is 2.74 bits per heavy atom. The summed E-state index contributed by atoms with van der Waals surface area (Å²) in [6.45, 7) is 5.88. The van der Waals surface area contributed by atoms with Crippen molar-refractivity contribution in [3.8, 4) is 5.75 Å². The van der Waals surface area contributed by atoms with E-state index in [0.717, 1.165) is 5.56 Å². The maximum absolute atomic E-state index is 12.0. The third kappa shape index (κ3) is 2.31. The number of carbonyl (C=O) groups excluding carboxylic acids is 1. The number of aliphatic hydroxyl groups excluding tert-OH is 1. The number of ether oxygens (including phenoxy) is 1.